The Balaban J connectivity index is 1.50. The third-order valence-electron chi connectivity index (χ3n) is 4.36. The van der Waals surface area contributed by atoms with Gasteiger partial charge < -0.3 is 9.32 Å². The number of aromatic nitrogens is 2. The number of halogens is 1. The van der Waals surface area contributed by atoms with E-state index in [4.69, 9.17) is 4.42 Å². The van der Waals surface area contributed by atoms with E-state index in [1.807, 2.05) is 21.7 Å². The molecule has 1 aromatic carbocycles. The van der Waals surface area contributed by atoms with E-state index in [0.29, 0.717) is 23.9 Å². The van der Waals surface area contributed by atoms with Crippen LogP contribution < -0.4 is 0 Å². The Morgan fingerprint density at radius 3 is 2.84 bits per heavy atom. The van der Waals surface area contributed by atoms with Gasteiger partial charge in [0.1, 0.15) is 5.82 Å². The van der Waals surface area contributed by atoms with Crippen molar-refractivity contribution in [2.24, 2.45) is 0 Å². The quantitative estimate of drug-likeness (QED) is 0.712. The molecular formula is C18H16FN3O2S. The van der Waals surface area contributed by atoms with Crippen LogP contribution in [0.3, 0.4) is 0 Å². The van der Waals surface area contributed by atoms with Gasteiger partial charge in [0, 0.05) is 24.0 Å². The van der Waals surface area contributed by atoms with Crippen LogP contribution in [-0.2, 0) is 0 Å². The minimum absolute atomic E-state index is 0.0260. The van der Waals surface area contributed by atoms with Crippen molar-refractivity contribution in [1.82, 2.24) is 15.1 Å². The monoisotopic (exact) mass is 357 g/mol. The first-order chi connectivity index (χ1) is 12.2. The fourth-order valence-electron chi connectivity index (χ4n) is 3.04. The summed E-state index contributed by atoms with van der Waals surface area (Å²) in [6, 6.07) is 7.79. The van der Waals surface area contributed by atoms with Gasteiger partial charge in [-0.3, -0.25) is 4.79 Å². The topological polar surface area (TPSA) is 59.2 Å². The van der Waals surface area contributed by atoms with Gasteiger partial charge in [0.2, 0.25) is 11.8 Å². The minimum atomic E-state index is -0.307. The molecule has 0 aliphatic carbocycles. The molecule has 1 fully saturated rings. The number of benzene rings is 1. The summed E-state index contributed by atoms with van der Waals surface area (Å²) < 4.78 is 18.8. The summed E-state index contributed by atoms with van der Waals surface area (Å²) in [4.78, 5) is 14.4. The highest BCUT2D eigenvalue weighted by Crippen LogP contribution is 2.29. The Morgan fingerprint density at radius 2 is 2.08 bits per heavy atom. The molecule has 0 bridgehead atoms. The lowest BCUT2D eigenvalue weighted by atomic mass is 9.97. The summed E-state index contributed by atoms with van der Waals surface area (Å²) in [6.07, 6.45) is 1.80. The number of carbonyl (C=O) groups is 1. The Kier molecular flexibility index (Phi) is 4.31. The van der Waals surface area contributed by atoms with E-state index < -0.39 is 0 Å². The molecule has 0 radical (unpaired) electrons. The van der Waals surface area contributed by atoms with Crippen LogP contribution in [0.4, 0.5) is 4.39 Å². The summed E-state index contributed by atoms with van der Waals surface area (Å²) >= 11 is 1.52. The lowest BCUT2D eigenvalue weighted by Gasteiger charge is -2.30. The third-order valence-corrected chi connectivity index (χ3v) is 5.04. The summed E-state index contributed by atoms with van der Waals surface area (Å²) in [5.74, 6) is 0.666. The summed E-state index contributed by atoms with van der Waals surface area (Å²) in [5, 5.41) is 12.0. The van der Waals surface area contributed by atoms with E-state index in [1.54, 1.807) is 12.1 Å². The van der Waals surface area contributed by atoms with Crippen LogP contribution in [0.15, 0.2) is 45.5 Å². The molecule has 7 heteroatoms. The number of thiophene rings is 1. The molecule has 0 spiro atoms. The fraction of sp³-hybridized carbons (Fsp3) is 0.278. The Morgan fingerprint density at radius 1 is 1.24 bits per heavy atom. The maximum absolute atomic E-state index is 13.0. The standard InChI is InChI=1S/C18H16FN3O2S/c19-15-5-3-12(4-6-15)16-20-21-17(24-16)13-2-1-8-22(10-13)18(23)14-7-9-25-11-14/h3-7,9,11,13H,1-2,8,10H2. The van der Waals surface area contributed by atoms with Crippen molar-refractivity contribution in [3.8, 4) is 11.5 Å². The van der Waals surface area contributed by atoms with E-state index in [2.05, 4.69) is 10.2 Å². The summed E-state index contributed by atoms with van der Waals surface area (Å²) in [5.41, 5.74) is 1.41. The van der Waals surface area contributed by atoms with Gasteiger partial charge in [-0.2, -0.15) is 11.3 Å². The first kappa shape index (κ1) is 16.0. The number of rotatable bonds is 3. The molecule has 1 unspecified atom stereocenters. The molecule has 4 rings (SSSR count). The lowest BCUT2D eigenvalue weighted by Crippen LogP contribution is -2.39. The second-order valence-corrected chi connectivity index (χ2v) is 6.83. The van der Waals surface area contributed by atoms with E-state index in [1.165, 1.54) is 23.5 Å². The number of likely N-dealkylation sites (tertiary alicyclic amines) is 1. The van der Waals surface area contributed by atoms with Crippen LogP contribution in [0.5, 0.6) is 0 Å². The number of hydrogen-bond donors (Lipinski definition) is 0. The average molecular weight is 357 g/mol. The molecule has 25 heavy (non-hydrogen) atoms. The Labute approximate surface area is 148 Å². The van der Waals surface area contributed by atoms with Crippen molar-refractivity contribution in [2.75, 3.05) is 13.1 Å². The van der Waals surface area contributed by atoms with Crippen LogP contribution in [0, 0.1) is 5.82 Å². The molecule has 1 atom stereocenters. The average Bonchev–Trinajstić information content (AvgIpc) is 3.34. The minimum Gasteiger partial charge on any atom is -0.420 e. The van der Waals surface area contributed by atoms with Crippen molar-refractivity contribution in [3.63, 3.8) is 0 Å². The largest absolute Gasteiger partial charge is 0.420 e. The van der Waals surface area contributed by atoms with E-state index >= 15 is 0 Å². The molecule has 0 N–H and O–H groups in total. The van der Waals surface area contributed by atoms with Gasteiger partial charge in [-0.05, 0) is 48.6 Å². The first-order valence-electron chi connectivity index (χ1n) is 8.11. The fourth-order valence-corrected chi connectivity index (χ4v) is 3.67. The van der Waals surface area contributed by atoms with Crippen molar-refractivity contribution in [1.29, 1.82) is 0 Å². The molecule has 1 aliphatic heterocycles. The van der Waals surface area contributed by atoms with Gasteiger partial charge in [0.25, 0.3) is 5.91 Å². The van der Waals surface area contributed by atoms with Crippen molar-refractivity contribution in [2.45, 2.75) is 18.8 Å². The van der Waals surface area contributed by atoms with Crippen molar-refractivity contribution >= 4 is 17.2 Å². The number of hydrogen-bond acceptors (Lipinski definition) is 5. The molecule has 5 nitrogen and oxygen atoms in total. The van der Waals surface area contributed by atoms with Crippen LogP contribution in [0.2, 0.25) is 0 Å². The van der Waals surface area contributed by atoms with Gasteiger partial charge in [-0.25, -0.2) is 4.39 Å². The van der Waals surface area contributed by atoms with E-state index in [9.17, 15) is 9.18 Å². The molecule has 128 valence electrons. The number of carbonyl (C=O) groups excluding carboxylic acids is 1. The summed E-state index contributed by atoms with van der Waals surface area (Å²) in [6.45, 7) is 1.31. The van der Waals surface area contributed by atoms with Crippen LogP contribution in [-0.4, -0.2) is 34.1 Å². The predicted octanol–water partition coefficient (Wildman–Crippen LogP) is 3.96. The van der Waals surface area contributed by atoms with Crippen LogP contribution >= 0.6 is 11.3 Å². The molecule has 2 aromatic heterocycles. The molecule has 0 saturated carbocycles. The molecule has 3 aromatic rings. The van der Waals surface area contributed by atoms with Gasteiger partial charge in [0.05, 0.1) is 11.5 Å². The zero-order valence-electron chi connectivity index (χ0n) is 13.4. The van der Waals surface area contributed by atoms with Crippen LogP contribution in [0.25, 0.3) is 11.5 Å². The first-order valence-corrected chi connectivity index (χ1v) is 9.06. The van der Waals surface area contributed by atoms with Crippen molar-refractivity contribution in [3.05, 3.63) is 58.4 Å². The third kappa shape index (κ3) is 3.32. The number of nitrogens with zero attached hydrogens (tertiary/aromatic N) is 3. The maximum atomic E-state index is 13.0. The highest BCUT2D eigenvalue weighted by atomic mass is 32.1. The number of piperidine rings is 1. The Bertz CT molecular complexity index is 861. The van der Waals surface area contributed by atoms with Crippen molar-refractivity contribution < 1.29 is 13.6 Å². The zero-order chi connectivity index (χ0) is 17.2. The predicted molar refractivity (Wildman–Crippen MR) is 91.9 cm³/mol. The molecule has 1 aliphatic rings. The second-order valence-electron chi connectivity index (χ2n) is 6.05. The second kappa shape index (κ2) is 6.76. The van der Waals surface area contributed by atoms with Crippen LogP contribution in [0.1, 0.15) is 35.0 Å². The SMILES string of the molecule is O=C(c1ccsc1)N1CCCC(c2nnc(-c3ccc(F)cc3)o2)C1. The lowest BCUT2D eigenvalue weighted by molar-refractivity contribution is 0.0699. The van der Waals surface area contributed by atoms with E-state index in [-0.39, 0.29) is 17.6 Å². The highest BCUT2D eigenvalue weighted by molar-refractivity contribution is 7.08. The Hall–Kier alpha value is -2.54. The van der Waals surface area contributed by atoms with E-state index in [0.717, 1.165) is 24.9 Å². The summed E-state index contributed by atoms with van der Waals surface area (Å²) in [7, 11) is 0. The molecule has 1 saturated heterocycles. The normalized spacial score (nSPS) is 17.6. The van der Waals surface area contributed by atoms with Gasteiger partial charge in [0.15, 0.2) is 0 Å². The molecule has 3 heterocycles. The zero-order valence-corrected chi connectivity index (χ0v) is 14.2. The maximum Gasteiger partial charge on any atom is 0.254 e. The highest BCUT2D eigenvalue weighted by Gasteiger charge is 2.29. The van der Waals surface area contributed by atoms with Gasteiger partial charge >= 0.3 is 0 Å². The van der Waals surface area contributed by atoms with Gasteiger partial charge in [-0.15, -0.1) is 10.2 Å². The smallest absolute Gasteiger partial charge is 0.254 e. The number of amides is 1. The van der Waals surface area contributed by atoms with Gasteiger partial charge in [-0.1, -0.05) is 0 Å². The molecule has 1 amide bonds. The molecular weight excluding hydrogens is 341 g/mol.